The van der Waals surface area contributed by atoms with Crippen LogP contribution in [0.15, 0.2) is 0 Å². The fourth-order valence-electron chi connectivity index (χ4n) is 2.34. The Morgan fingerprint density at radius 1 is 1.29 bits per heavy atom. The van der Waals surface area contributed by atoms with Gasteiger partial charge in [-0.25, -0.2) is 0 Å². The molecule has 0 spiro atoms. The van der Waals surface area contributed by atoms with E-state index < -0.39 is 5.54 Å². The average molecular weight is 239 g/mol. The smallest absolute Gasteiger partial charge is 0.105 e. The van der Waals surface area contributed by atoms with Crippen molar-refractivity contribution in [3.05, 3.63) is 0 Å². The predicted octanol–water partition coefficient (Wildman–Crippen LogP) is 2.78. The number of nitrogens with one attached hydrogen (secondary N) is 1. The van der Waals surface area contributed by atoms with Crippen molar-refractivity contribution in [2.45, 2.75) is 71.5 Å². The second kappa shape index (κ2) is 7.68. The van der Waals surface area contributed by atoms with Gasteiger partial charge in [0.05, 0.1) is 6.07 Å². The van der Waals surface area contributed by atoms with E-state index in [-0.39, 0.29) is 0 Å². The van der Waals surface area contributed by atoms with Crippen molar-refractivity contribution in [1.82, 2.24) is 10.2 Å². The molecule has 0 fully saturated rings. The molecule has 0 saturated carbocycles. The highest BCUT2D eigenvalue weighted by atomic mass is 15.2. The van der Waals surface area contributed by atoms with Gasteiger partial charge < -0.3 is 4.90 Å². The van der Waals surface area contributed by atoms with Crippen LogP contribution in [0.1, 0.15) is 53.9 Å². The van der Waals surface area contributed by atoms with Crippen LogP contribution in [-0.4, -0.2) is 36.1 Å². The van der Waals surface area contributed by atoms with E-state index in [9.17, 15) is 5.26 Å². The molecule has 0 aliphatic carbocycles. The molecule has 0 radical (unpaired) electrons. The molecule has 0 heterocycles. The fraction of sp³-hybridized carbons (Fsp3) is 0.929. The molecule has 0 saturated heterocycles. The Bertz CT molecular complexity index is 246. The lowest BCUT2D eigenvalue weighted by Crippen LogP contribution is -2.48. The Kier molecular flexibility index (Phi) is 7.41. The van der Waals surface area contributed by atoms with Crippen LogP contribution < -0.4 is 5.32 Å². The zero-order valence-electron chi connectivity index (χ0n) is 12.4. The van der Waals surface area contributed by atoms with Crippen LogP contribution >= 0.6 is 0 Å². The molecule has 0 aliphatic heterocycles. The van der Waals surface area contributed by atoms with E-state index in [4.69, 9.17) is 0 Å². The molecule has 3 nitrogen and oxygen atoms in total. The van der Waals surface area contributed by atoms with Crippen LogP contribution in [0, 0.1) is 11.3 Å². The number of nitriles is 1. The molecule has 0 aromatic heterocycles. The largest absolute Gasteiger partial charge is 0.301 e. The maximum atomic E-state index is 9.26. The van der Waals surface area contributed by atoms with Crippen molar-refractivity contribution in [3.8, 4) is 6.07 Å². The first kappa shape index (κ1) is 16.4. The van der Waals surface area contributed by atoms with Gasteiger partial charge in [0, 0.05) is 12.1 Å². The van der Waals surface area contributed by atoms with Crippen molar-refractivity contribution < 1.29 is 0 Å². The topological polar surface area (TPSA) is 39.1 Å². The summed E-state index contributed by atoms with van der Waals surface area (Å²) in [4.78, 5) is 2.39. The Morgan fingerprint density at radius 3 is 2.29 bits per heavy atom. The molecule has 3 unspecified atom stereocenters. The van der Waals surface area contributed by atoms with Gasteiger partial charge in [0.2, 0.25) is 0 Å². The van der Waals surface area contributed by atoms with Crippen molar-refractivity contribution in [2.75, 3.05) is 13.6 Å². The molecule has 0 aromatic carbocycles. The minimum absolute atomic E-state index is 0.408. The minimum Gasteiger partial charge on any atom is -0.301 e. The van der Waals surface area contributed by atoms with Crippen molar-refractivity contribution in [2.24, 2.45) is 0 Å². The van der Waals surface area contributed by atoms with Crippen molar-refractivity contribution in [3.63, 3.8) is 0 Å². The second-order valence-electron chi connectivity index (χ2n) is 5.33. The van der Waals surface area contributed by atoms with E-state index in [0.717, 1.165) is 13.0 Å². The van der Waals surface area contributed by atoms with Crippen LogP contribution in [0.5, 0.6) is 0 Å². The van der Waals surface area contributed by atoms with Gasteiger partial charge >= 0.3 is 0 Å². The summed E-state index contributed by atoms with van der Waals surface area (Å²) in [6.45, 7) is 11.6. The van der Waals surface area contributed by atoms with Crippen molar-refractivity contribution >= 4 is 0 Å². The van der Waals surface area contributed by atoms with Gasteiger partial charge in [0.25, 0.3) is 0 Å². The van der Waals surface area contributed by atoms with E-state index in [2.05, 4.69) is 44.1 Å². The Balaban J connectivity index is 4.41. The molecule has 17 heavy (non-hydrogen) atoms. The molecule has 3 atom stereocenters. The highest BCUT2D eigenvalue weighted by molar-refractivity contribution is 5.05. The molecule has 0 aliphatic rings. The summed E-state index contributed by atoms with van der Waals surface area (Å²) in [6, 6.07) is 3.40. The molecule has 100 valence electrons. The molecule has 0 aromatic rings. The number of rotatable bonds is 8. The number of hydrogen-bond donors (Lipinski definition) is 1. The lowest BCUT2D eigenvalue weighted by atomic mass is 9.93. The summed E-state index contributed by atoms with van der Waals surface area (Å²) in [7, 11) is 2.16. The lowest BCUT2D eigenvalue weighted by Gasteiger charge is -2.35. The molecule has 3 heteroatoms. The Morgan fingerprint density at radius 2 is 1.88 bits per heavy atom. The average Bonchev–Trinajstić information content (AvgIpc) is 2.28. The quantitative estimate of drug-likeness (QED) is 0.708. The Labute approximate surface area is 107 Å². The molecule has 0 amide bonds. The summed E-state index contributed by atoms with van der Waals surface area (Å²) in [5.74, 6) is 0. The third kappa shape index (κ3) is 5.52. The zero-order chi connectivity index (χ0) is 13.5. The summed E-state index contributed by atoms with van der Waals surface area (Å²) >= 11 is 0. The lowest BCUT2D eigenvalue weighted by molar-refractivity contribution is 0.159. The van der Waals surface area contributed by atoms with Gasteiger partial charge in [-0.15, -0.1) is 0 Å². The molecule has 0 bridgehead atoms. The Hall–Kier alpha value is -0.590. The highest BCUT2D eigenvalue weighted by Crippen LogP contribution is 2.17. The van der Waals surface area contributed by atoms with E-state index in [1.165, 1.54) is 12.8 Å². The summed E-state index contributed by atoms with van der Waals surface area (Å²) in [5, 5.41) is 12.5. The monoisotopic (exact) mass is 239 g/mol. The van der Waals surface area contributed by atoms with Crippen LogP contribution in [0.2, 0.25) is 0 Å². The third-order valence-corrected chi connectivity index (χ3v) is 3.61. The van der Waals surface area contributed by atoms with Gasteiger partial charge in [0.15, 0.2) is 0 Å². The highest BCUT2D eigenvalue weighted by Gasteiger charge is 2.27. The van der Waals surface area contributed by atoms with Crippen molar-refractivity contribution in [1.29, 1.82) is 5.26 Å². The maximum absolute atomic E-state index is 9.26. The van der Waals surface area contributed by atoms with Crippen LogP contribution in [0.3, 0.4) is 0 Å². The SMILES string of the molecule is CCCC(C)N(C)C(C)CC(C)(C#N)NCC. The molecular formula is C14H29N3. The number of nitrogens with zero attached hydrogens (tertiary/aromatic N) is 2. The van der Waals surface area contributed by atoms with Gasteiger partial charge in [-0.1, -0.05) is 20.3 Å². The summed E-state index contributed by atoms with van der Waals surface area (Å²) < 4.78 is 0. The van der Waals surface area contributed by atoms with E-state index in [0.29, 0.717) is 12.1 Å². The van der Waals surface area contributed by atoms with Gasteiger partial charge in [-0.05, 0) is 47.2 Å². The zero-order valence-corrected chi connectivity index (χ0v) is 12.4. The van der Waals surface area contributed by atoms with Gasteiger partial charge in [-0.3, -0.25) is 5.32 Å². The molecule has 0 rings (SSSR count). The van der Waals surface area contributed by atoms with E-state index in [1.807, 2.05) is 13.8 Å². The predicted molar refractivity (Wildman–Crippen MR) is 73.9 cm³/mol. The maximum Gasteiger partial charge on any atom is 0.105 e. The summed E-state index contributed by atoms with van der Waals surface area (Å²) in [5.41, 5.74) is -0.408. The first-order valence-corrected chi connectivity index (χ1v) is 6.78. The third-order valence-electron chi connectivity index (χ3n) is 3.61. The second-order valence-corrected chi connectivity index (χ2v) is 5.33. The first-order chi connectivity index (χ1) is 7.90. The van der Waals surface area contributed by atoms with Gasteiger partial charge in [0.1, 0.15) is 5.54 Å². The van der Waals surface area contributed by atoms with Crippen LogP contribution in [-0.2, 0) is 0 Å². The molecule has 1 N–H and O–H groups in total. The van der Waals surface area contributed by atoms with Crippen LogP contribution in [0.25, 0.3) is 0 Å². The van der Waals surface area contributed by atoms with Gasteiger partial charge in [-0.2, -0.15) is 5.26 Å². The normalized spacial score (nSPS) is 18.5. The van der Waals surface area contributed by atoms with E-state index >= 15 is 0 Å². The minimum atomic E-state index is -0.408. The van der Waals surface area contributed by atoms with E-state index in [1.54, 1.807) is 0 Å². The fourth-order valence-corrected chi connectivity index (χ4v) is 2.34. The molecular weight excluding hydrogens is 210 g/mol. The first-order valence-electron chi connectivity index (χ1n) is 6.78. The number of hydrogen-bond acceptors (Lipinski definition) is 3. The summed E-state index contributed by atoms with van der Waals surface area (Å²) in [6.07, 6.45) is 3.29. The van der Waals surface area contributed by atoms with Crippen LogP contribution in [0.4, 0.5) is 0 Å². The standard InChI is InChI=1S/C14H29N3/c1-7-9-12(3)17(6)13(4)10-14(5,11-15)16-8-2/h12-13,16H,7-10H2,1-6H3.